The van der Waals surface area contributed by atoms with Crippen molar-refractivity contribution in [2.45, 2.75) is 41.0 Å². The molecule has 12 heavy (non-hydrogen) atoms. The van der Waals surface area contributed by atoms with Crippen LogP contribution < -0.4 is 0 Å². The molecule has 0 atom stereocenters. The van der Waals surface area contributed by atoms with Crippen molar-refractivity contribution in [2.24, 2.45) is 5.41 Å². The van der Waals surface area contributed by atoms with Crippen molar-refractivity contribution in [3.63, 3.8) is 0 Å². The summed E-state index contributed by atoms with van der Waals surface area (Å²) in [5, 5.41) is 8.79. The van der Waals surface area contributed by atoms with Gasteiger partial charge in [-0.05, 0) is 18.8 Å². The molecule has 2 nitrogen and oxygen atoms in total. The fourth-order valence-corrected chi connectivity index (χ4v) is 1.49. The molecule has 0 aliphatic carbocycles. The standard InChI is InChI=1S/C10H18O2/c1-6-8(10(3,4)5)7(2)9(11)12/h6H2,1-5H3,(H,11,12)/b8-7-. The third-order valence-corrected chi connectivity index (χ3v) is 2.03. The number of carbonyl (C=O) groups is 1. The summed E-state index contributed by atoms with van der Waals surface area (Å²) in [7, 11) is 0. The molecule has 0 bridgehead atoms. The fourth-order valence-electron chi connectivity index (χ4n) is 1.49. The van der Waals surface area contributed by atoms with E-state index in [1.54, 1.807) is 6.92 Å². The summed E-state index contributed by atoms with van der Waals surface area (Å²) >= 11 is 0. The summed E-state index contributed by atoms with van der Waals surface area (Å²) in [5.74, 6) is -0.804. The molecule has 0 amide bonds. The van der Waals surface area contributed by atoms with Crippen LogP contribution in [0.3, 0.4) is 0 Å². The monoisotopic (exact) mass is 170 g/mol. The van der Waals surface area contributed by atoms with Gasteiger partial charge in [-0.3, -0.25) is 0 Å². The van der Waals surface area contributed by atoms with Gasteiger partial charge in [-0.15, -0.1) is 0 Å². The van der Waals surface area contributed by atoms with Gasteiger partial charge in [0.1, 0.15) is 0 Å². The van der Waals surface area contributed by atoms with E-state index in [4.69, 9.17) is 5.11 Å². The second-order valence-corrected chi connectivity index (χ2v) is 4.01. The van der Waals surface area contributed by atoms with Crippen LogP contribution >= 0.6 is 0 Å². The van der Waals surface area contributed by atoms with Crippen molar-refractivity contribution >= 4 is 5.97 Å². The maximum Gasteiger partial charge on any atom is 0.331 e. The predicted octanol–water partition coefficient (Wildman–Crippen LogP) is 2.84. The number of hydrogen-bond acceptors (Lipinski definition) is 1. The molecular weight excluding hydrogens is 152 g/mol. The topological polar surface area (TPSA) is 37.3 Å². The van der Waals surface area contributed by atoms with Crippen LogP contribution in [0.4, 0.5) is 0 Å². The lowest BCUT2D eigenvalue weighted by molar-refractivity contribution is -0.132. The summed E-state index contributed by atoms with van der Waals surface area (Å²) < 4.78 is 0. The van der Waals surface area contributed by atoms with Crippen LogP contribution in [0.15, 0.2) is 11.1 Å². The van der Waals surface area contributed by atoms with E-state index in [1.807, 2.05) is 27.7 Å². The van der Waals surface area contributed by atoms with Gasteiger partial charge in [0, 0.05) is 5.57 Å². The van der Waals surface area contributed by atoms with Gasteiger partial charge < -0.3 is 5.11 Å². The Balaban J connectivity index is 5.01. The average Bonchev–Trinajstić information content (AvgIpc) is 1.85. The first-order chi connectivity index (χ1) is 5.30. The molecule has 0 rings (SSSR count). The minimum atomic E-state index is -0.804. The normalized spacial score (nSPS) is 14.1. The zero-order chi connectivity index (χ0) is 9.94. The number of hydrogen-bond donors (Lipinski definition) is 1. The Kier molecular flexibility index (Phi) is 3.50. The average molecular weight is 170 g/mol. The van der Waals surface area contributed by atoms with Crippen LogP contribution in [-0.2, 0) is 4.79 Å². The van der Waals surface area contributed by atoms with E-state index in [-0.39, 0.29) is 5.41 Å². The van der Waals surface area contributed by atoms with E-state index < -0.39 is 5.97 Å². The highest BCUT2D eigenvalue weighted by Crippen LogP contribution is 2.30. The molecule has 0 aliphatic heterocycles. The molecule has 0 saturated carbocycles. The van der Waals surface area contributed by atoms with Gasteiger partial charge in [0.2, 0.25) is 0 Å². The summed E-state index contributed by atoms with van der Waals surface area (Å²) in [4.78, 5) is 10.7. The van der Waals surface area contributed by atoms with Crippen molar-refractivity contribution in [2.75, 3.05) is 0 Å². The lowest BCUT2D eigenvalue weighted by atomic mass is 9.82. The Morgan fingerprint density at radius 2 is 1.75 bits per heavy atom. The van der Waals surface area contributed by atoms with Crippen LogP contribution in [0.25, 0.3) is 0 Å². The largest absolute Gasteiger partial charge is 0.478 e. The maximum absolute atomic E-state index is 10.7. The van der Waals surface area contributed by atoms with Crippen molar-refractivity contribution in [3.8, 4) is 0 Å². The van der Waals surface area contributed by atoms with Gasteiger partial charge in [0.25, 0.3) is 0 Å². The summed E-state index contributed by atoms with van der Waals surface area (Å²) in [6.07, 6.45) is 0.807. The SMILES string of the molecule is CC/C(=C(\C)C(=O)O)C(C)(C)C. The van der Waals surface area contributed by atoms with Crippen LogP contribution in [0, 0.1) is 5.41 Å². The summed E-state index contributed by atoms with van der Waals surface area (Å²) in [6.45, 7) is 9.79. The van der Waals surface area contributed by atoms with Crippen molar-refractivity contribution < 1.29 is 9.90 Å². The van der Waals surface area contributed by atoms with E-state index in [0.29, 0.717) is 5.57 Å². The highest BCUT2D eigenvalue weighted by atomic mass is 16.4. The zero-order valence-corrected chi connectivity index (χ0v) is 8.56. The highest BCUT2D eigenvalue weighted by molar-refractivity contribution is 5.87. The van der Waals surface area contributed by atoms with E-state index >= 15 is 0 Å². The molecule has 0 saturated heterocycles. The maximum atomic E-state index is 10.7. The van der Waals surface area contributed by atoms with Crippen molar-refractivity contribution in [1.82, 2.24) is 0 Å². The molecule has 70 valence electrons. The number of carboxylic acid groups (broad SMARTS) is 1. The molecule has 0 heterocycles. The molecule has 0 fully saturated rings. The number of allylic oxidation sites excluding steroid dienone is 1. The molecule has 0 radical (unpaired) electrons. The highest BCUT2D eigenvalue weighted by Gasteiger charge is 2.20. The van der Waals surface area contributed by atoms with Crippen molar-refractivity contribution in [3.05, 3.63) is 11.1 Å². The first-order valence-corrected chi connectivity index (χ1v) is 4.24. The number of aliphatic carboxylic acids is 1. The minimum absolute atomic E-state index is 0.0305. The Morgan fingerprint density at radius 1 is 1.33 bits per heavy atom. The Bertz CT molecular complexity index is 206. The quantitative estimate of drug-likeness (QED) is 0.647. The Morgan fingerprint density at radius 3 is 1.83 bits per heavy atom. The fraction of sp³-hybridized carbons (Fsp3) is 0.700. The lowest BCUT2D eigenvalue weighted by Gasteiger charge is -2.23. The Hall–Kier alpha value is -0.790. The van der Waals surface area contributed by atoms with Gasteiger partial charge in [-0.25, -0.2) is 4.79 Å². The predicted molar refractivity (Wildman–Crippen MR) is 50.1 cm³/mol. The molecule has 1 N–H and O–H groups in total. The first kappa shape index (κ1) is 11.2. The zero-order valence-electron chi connectivity index (χ0n) is 8.56. The van der Waals surface area contributed by atoms with Gasteiger partial charge in [0.15, 0.2) is 0 Å². The van der Waals surface area contributed by atoms with Crippen LogP contribution in [0.2, 0.25) is 0 Å². The molecule has 0 aromatic rings. The summed E-state index contributed by atoms with van der Waals surface area (Å²) in [5.41, 5.74) is 1.48. The molecule has 0 spiro atoms. The van der Waals surface area contributed by atoms with E-state index in [2.05, 4.69) is 0 Å². The third kappa shape index (κ3) is 2.68. The third-order valence-electron chi connectivity index (χ3n) is 2.03. The van der Waals surface area contributed by atoms with E-state index in [9.17, 15) is 4.79 Å². The molecule has 2 heteroatoms. The second kappa shape index (κ2) is 3.74. The molecule has 0 aromatic carbocycles. The van der Waals surface area contributed by atoms with E-state index in [0.717, 1.165) is 12.0 Å². The molecule has 0 unspecified atom stereocenters. The van der Waals surface area contributed by atoms with E-state index in [1.165, 1.54) is 0 Å². The molecule has 0 aliphatic rings. The first-order valence-electron chi connectivity index (χ1n) is 4.24. The molecular formula is C10H18O2. The summed E-state index contributed by atoms with van der Waals surface area (Å²) in [6, 6.07) is 0. The van der Waals surface area contributed by atoms with Crippen LogP contribution in [-0.4, -0.2) is 11.1 Å². The van der Waals surface area contributed by atoms with Crippen LogP contribution in [0.1, 0.15) is 41.0 Å². The van der Waals surface area contributed by atoms with Gasteiger partial charge in [-0.2, -0.15) is 0 Å². The minimum Gasteiger partial charge on any atom is -0.478 e. The van der Waals surface area contributed by atoms with Gasteiger partial charge in [-0.1, -0.05) is 33.3 Å². The van der Waals surface area contributed by atoms with Crippen molar-refractivity contribution in [1.29, 1.82) is 0 Å². The smallest absolute Gasteiger partial charge is 0.331 e. The number of carboxylic acids is 1. The lowest BCUT2D eigenvalue weighted by Crippen LogP contribution is -2.14. The Labute approximate surface area is 74.3 Å². The van der Waals surface area contributed by atoms with Gasteiger partial charge in [0.05, 0.1) is 0 Å². The van der Waals surface area contributed by atoms with Crippen LogP contribution in [0.5, 0.6) is 0 Å². The molecule has 0 aromatic heterocycles. The second-order valence-electron chi connectivity index (χ2n) is 4.01. The number of rotatable bonds is 2. The van der Waals surface area contributed by atoms with Gasteiger partial charge >= 0.3 is 5.97 Å².